The van der Waals surface area contributed by atoms with E-state index in [1.54, 1.807) is 43.3 Å². The molecule has 24 heavy (non-hydrogen) atoms. The molecule has 0 bridgehead atoms. The quantitative estimate of drug-likeness (QED) is 0.851. The summed E-state index contributed by atoms with van der Waals surface area (Å²) in [7, 11) is 4.49. The average Bonchev–Trinajstić information content (AvgIpc) is 2.60. The Labute approximate surface area is 141 Å². The fraction of sp³-hybridized carbons (Fsp3) is 0.278. The van der Waals surface area contributed by atoms with Gasteiger partial charge in [-0.2, -0.15) is 0 Å². The number of aliphatic hydroxyl groups is 1. The number of anilines is 1. The number of hydrogen-bond donors (Lipinski definition) is 2. The molecule has 0 unspecified atom stereocenters. The molecule has 0 aliphatic heterocycles. The number of hydrogen-bond acceptors (Lipinski definition) is 5. The molecule has 0 fully saturated rings. The van der Waals surface area contributed by atoms with Gasteiger partial charge in [-0.15, -0.1) is 0 Å². The van der Waals surface area contributed by atoms with Gasteiger partial charge in [0, 0.05) is 11.3 Å². The second-order valence-electron chi connectivity index (χ2n) is 5.17. The number of carbonyl (C=O) groups excluding carboxylic acids is 1. The average molecular weight is 331 g/mol. The molecule has 0 aliphatic carbocycles. The molecule has 0 aromatic heterocycles. The summed E-state index contributed by atoms with van der Waals surface area (Å²) < 4.78 is 15.7. The van der Waals surface area contributed by atoms with E-state index in [4.69, 9.17) is 14.2 Å². The molecule has 0 saturated heterocycles. The minimum absolute atomic E-state index is 0.306. The van der Waals surface area contributed by atoms with Crippen molar-refractivity contribution in [2.45, 2.75) is 13.0 Å². The molecule has 2 N–H and O–H groups in total. The highest BCUT2D eigenvalue weighted by Crippen LogP contribution is 2.38. The van der Waals surface area contributed by atoms with Crippen LogP contribution in [0.3, 0.4) is 0 Å². The first-order valence-corrected chi connectivity index (χ1v) is 7.39. The molecule has 0 heterocycles. The first-order valence-electron chi connectivity index (χ1n) is 7.39. The SMILES string of the molecule is COc1cc(C(=O)Nc2ccc([C@@H](C)O)cc2)cc(OC)c1OC. The zero-order valence-corrected chi connectivity index (χ0v) is 14.1. The van der Waals surface area contributed by atoms with Crippen LogP contribution in [0.25, 0.3) is 0 Å². The summed E-state index contributed by atoms with van der Waals surface area (Å²) in [6.45, 7) is 1.68. The molecule has 0 saturated carbocycles. The van der Waals surface area contributed by atoms with Gasteiger partial charge < -0.3 is 24.6 Å². The van der Waals surface area contributed by atoms with Crippen LogP contribution in [0.2, 0.25) is 0 Å². The second-order valence-corrected chi connectivity index (χ2v) is 5.17. The molecule has 6 heteroatoms. The predicted octanol–water partition coefficient (Wildman–Crippen LogP) is 3.02. The zero-order valence-electron chi connectivity index (χ0n) is 14.1. The van der Waals surface area contributed by atoms with Gasteiger partial charge in [-0.25, -0.2) is 0 Å². The van der Waals surface area contributed by atoms with Gasteiger partial charge >= 0.3 is 0 Å². The van der Waals surface area contributed by atoms with Gasteiger partial charge in [0.2, 0.25) is 5.75 Å². The molecule has 2 aromatic rings. The highest BCUT2D eigenvalue weighted by Gasteiger charge is 2.17. The normalized spacial score (nSPS) is 11.5. The first-order chi connectivity index (χ1) is 11.5. The Bertz CT molecular complexity index is 685. The third kappa shape index (κ3) is 3.78. The second kappa shape index (κ2) is 7.70. The van der Waals surface area contributed by atoms with Crippen LogP contribution in [-0.4, -0.2) is 32.3 Å². The molecule has 2 rings (SSSR count). The summed E-state index contributed by atoms with van der Waals surface area (Å²) >= 11 is 0. The summed E-state index contributed by atoms with van der Waals surface area (Å²) in [6, 6.07) is 10.2. The van der Waals surface area contributed by atoms with Crippen LogP contribution in [-0.2, 0) is 0 Å². The van der Waals surface area contributed by atoms with Crippen LogP contribution in [0.5, 0.6) is 17.2 Å². The van der Waals surface area contributed by atoms with Crippen LogP contribution >= 0.6 is 0 Å². The van der Waals surface area contributed by atoms with E-state index in [9.17, 15) is 9.90 Å². The molecular formula is C18H21NO5. The lowest BCUT2D eigenvalue weighted by atomic mass is 10.1. The Hall–Kier alpha value is -2.73. The Kier molecular flexibility index (Phi) is 5.65. The van der Waals surface area contributed by atoms with Crippen molar-refractivity contribution in [1.82, 2.24) is 0 Å². The molecule has 2 aromatic carbocycles. The van der Waals surface area contributed by atoms with E-state index in [2.05, 4.69) is 5.32 Å². The van der Waals surface area contributed by atoms with Gasteiger partial charge in [0.15, 0.2) is 11.5 Å². The number of carbonyl (C=O) groups is 1. The lowest BCUT2D eigenvalue weighted by Gasteiger charge is -2.14. The van der Waals surface area contributed by atoms with Crippen LogP contribution in [0.4, 0.5) is 5.69 Å². The third-order valence-electron chi connectivity index (χ3n) is 3.58. The van der Waals surface area contributed by atoms with Gasteiger partial charge in [0.25, 0.3) is 5.91 Å². The van der Waals surface area contributed by atoms with Gasteiger partial charge in [-0.3, -0.25) is 4.79 Å². The number of methoxy groups -OCH3 is 3. The monoisotopic (exact) mass is 331 g/mol. The Morgan fingerprint density at radius 2 is 1.54 bits per heavy atom. The maximum Gasteiger partial charge on any atom is 0.255 e. The van der Waals surface area contributed by atoms with Crippen LogP contribution in [0.1, 0.15) is 28.9 Å². The van der Waals surface area contributed by atoms with E-state index in [1.165, 1.54) is 21.3 Å². The molecule has 1 amide bonds. The fourth-order valence-corrected chi connectivity index (χ4v) is 2.26. The number of benzene rings is 2. The summed E-state index contributed by atoms with van der Waals surface area (Å²) in [5.41, 5.74) is 1.78. The number of aliphatic hydroxyl groups excluding tert-OH is 1. The molecule has 128 valence electrons. The van der Waals surface area contributed by atoms with E-state index in [0.29, 0.717) is 28.5 Å². The highest BCUT2D eigenvalue weighted by molar-refractivity contribution is 6.05. The molecule has 0 spiro atoms. The zero-order chi connectivity index (χ0) is 17.7. The molecule has 6 nitrogen and oxygen atoms in total. The van der Waals surface area contributed by atoms with Crippen LogP contribution in [0.15, 0.2) is 36.4 Å². The number of nitrogens with one attached hydrogen (secondary N) is 1. The van der Waals surface area contributed by atoms with Crippen molar-refractivity contribution in [3.63, 3.8) is 0 Å². The number of ether oxygens (including phenoxy) is 3. The summed E-state index contributed by atoms with van der Waals surface area (Å²) in [5, 5.41) is 12.3. The van der Waals surface area contributed by atoms with Crippen molar-refractivity contribution >= 4 is 11.6 Å². The highest BCUT2D eigenvalue weighted by atomic mass is 16.5. The smallest absolute Gasteiger partial charge is 0.255 e. The summed E-state index contributed by atoms with van der Waals surface area (Å²) in [5.74, 6) is 0.940. The molecular weight excluding hydrogens is 310 g/mol. The van der Waals surface area contributed by atoms with Gasteiger partial charge in [-0.1, -0.05) is 12.1 Å². The Morgan fingerprint density at radius 3 is 1.96 bits per heavy atom. The van der Waals surface area contributed by atoms with E-state index in [0.717, 1.165) is 5.56 Å². The van der Waals surface area contributed by atoms with E-state index >= 15 is 0 Å². The lowest BCUT2D eigenvalue weighted by molar-refractivity contribution is 0.102. The van der Waals surface area contributed by atoms with E-state index in [1.807, 2.05) is 0 Å². The summed E-state index contributed by atoms with van der Waals surface area (Å²) in [4.78, 5) is 12.5. The van der Waals surface area contributed by atoms with Crippen molar-refractivity contribution in [2.24, 2.45) is 0 Å². The van der Waals surface area contributed by atoms with Gasteiger partial charge in [0.1, 0.15) is 0 Å². The van der Waals surface area contributed by atoms with Gasteiger partial charge in [0.05, 0.1) is 27.4 Å². The third-order valence-corrected chi connectivity index (χ3v) is 3.58. The predicted molar refractivity (Wildman–Crippen MR) is 91.1 cm³/mol. The Balaban J connectivity index is 2.26. The maximum absolute atomic E-state index is 12.5. The Morgan fingerprint density at radius 1 is 1.00 bits per heavy atom. The largest absolute Gasteiger partial charge is 0.493 e. The number of rotatable bonds is 6. The lowest BCUT2D eigenvalue weighted by Crippen LogP contribution is -2.12. The standard InChI is InChI=1S/C18H21NO5/c1-11(20)12-5-7-14(8-6-12)19-18(21)13-9-15(22-2)17(24-4)16(10-13)23-3/h5-11,20H,1-4H3,(H,19,21)/t11-/m1/s1. The summed E-state index contributed by atoms with van der Waals surface area (Å²) in [6.07, 6.45) is -0.551. The molecule has 0 radical (unpaired) electrons. The van der Waals surface area contributed by atoms with Crippen molar-refractivity contribution in [3.8, 4) is 17.2 Å². The van der Waals surface area contributed by atoms with Crippen molar-refractivity contribution in [2.75, 3.05) is 26.6 Å². The minimum Gasteiger partial charge on any atom is -0.493 e. The van der Waals surface area contributed by atoms with Crippen LogP contribution in [0, 0.1) is 0 Å². The topological polar surface area (TPSA) is 77.0 Å². The fourth-order valence-electron chi connectivity index (χ4n) is 2.26. The van der Waals surface area contributed by atoms with Crippen molar-refractivity contribution < 1.29 is 24.1 Å². The molecule has 1 atom stereocenters. The minimum atomic E-state index is -0.551. The van der Waals surface area contributed by atoms with E-state index < -0.39 is 6.10 Å². The molecule has 0 aliphatic rings. The maximum atomic E-state index is 12.5. The van der Waals surface area contributed by atoms with E-state index in [-0.39, 0.29) is 5.91 Å². The van der Waals surface area contributed by atoms with Gasteiger partial charge in [-0.05, 0) is 36.8 Å². The van der Waals surface area contributed by atoms with Crippen LogP contribution < -0.4 is 19.5 Å². The first kappa shape index (κ1) is 17.6. The number of amides is 1. The van der Waals surface area contributed by atoms with Crippen molar-refractivity contribution in [3.05, 3.63) is 47.5 Å². The van der Waals surface area contributed by atoms with Crippen molar-refractivity contribution in [1.29, 1.82) is 0 Å².